The van der Waals surface area contributed by atoms with E-state index >= 15 is 0 Å². The summed E-state index contributed by atoms with van der Waals surface area (Å²) in [6, 6.07) is 9.20. The van der Waals surface area contributed by atoms with Gasteiger partial charge in [-0.2, -0.15) is 0 Å². The van der Waals surface area contributed by atoms with E-state index in [-0.39, 0.29) is 11.4 Å². The Bertz CT molecular complexity index is 693. The van der Waals surface area contributed by atoms with Gasteiger partial charge in [0.2, 0.25) is 5.95 Å². The van der Waals surface area contributed by atoms with Crippen molar-refractivity contribution >= 4 is 23.5 Å². The molecule has 1 amide bonds. The Labute approximate surface area is 141 Å². The number of anilines is 1. The van der Waals surface area contributed by atoms with Crippen molar-refractivity contribution in [3.63, 3.8) is 0 Å². The van der Waals surface area contributed by atoms with Crippen LogP contribution in [0.15, 0.2) is 30.3 Å². The molecule has 0 bridgehead atoms. The summed E-state index contributed by atoms with van der Waals surface area (Å²) in [4.78, 5) is 20.8. The summed E-state index contributed by atoms with van der Waals surface area (Å²) in [5.41, 5.74) is 1.83. The number of carbonyl (C=O) groups excluding carboxylic acids is 1. The van der Waals surface area contributed by atoms with E-state index in [0.29, 0.717) is 23.2 Å². The second-order valence-electron chi connectivity index (χ2n) is 6.40. The Hall–Kier alpha value is -2.14. The van der Waals surface area contributed by atoms with Crippen LogP contribution in [-0.4, -0.2) is 21.4 Å². The molecular formula is C17H21ClN4O. The molecule has 0 aliphatic carbocycles. The molecule has 2 aromatic rings. The highest BCUT2D eigenvalue weighted by Crippen LogP contribution is 2.12. The van der Waals surface area contributed by atoms with Gasteiger partial charge in [-0.05, 0) is 51.5 Å². The molecule has 1 aromatic heterocycles. The molecule has 0 spiro atoms. The number of aryl methyl sites for hydroxylation is 1. The zero-order chi connectivity index (χ0) is 17.0. The minimum absolute atomic E-state index is 0.211. The molecule has 0 fully saturated rings. The molecule has 0 aliphatic rings. The number of aromatic nitrogens is 2. The summed E-state index contributed by atoms with van der Waals surface area (Å²) < 4.78 is 0. The zero-order valence-corrected chi connectivity index (χ0v) is 14.5. The predicted octanol–water partition coefficient (Wildman–Crippen LogP) is 3.58. The van der Waals surface area contributed by atoms with Gasteiger partial charge < -0.3 is 10.6 Å². The summed E-state index contributed by atoms with van der Waals surface area (Å²) in [6.07, 6.45) is 0. The average molecular weight is 333 g/mol. The lowest BCUT2D eigenvalue weighted by atomic mass is 10.1. The molecule has 1 aromatic carbocycles. The quantitative estimate of drug-likeness (QED) is 0.898. The van der Waals surface area contributed by atoms with Crippen molar-refractivity contribution in [3.8, 4) is 0 Å². The fraction of sp³-hybridized carbons (Fsp3) is 0.353. The number of benzene rings is 1. The molecule has 0 saturated heterocycles. The summed E-state index contributed by atoms with van der Waals surface area (Å²) in [6.45, 7) is 8.18. The Morgan fingerprint density at radius 1 is 1.17 bits per heavy atom. The van der Waals surface area contributed by atoms with Crippen LogP contribution in [0.2, 0.25) is 5.02 Å². The van der Waals surface area contributed by atoms with Gasteiger partial charge in [-0.1, -0.05) is 23.7 Å². The van der Waals surface area contributed by atoms with Crippen LogP contribution in [0, 0.1) is 6.92 Å². The number of nitrogens with one attached hydrogen (secondary N) is 2. The Morgan fingerprint density at radius 2 is 1.83 bits per heavy atom. The van der Waals surface area contributed by atoms with Gasteiger partial charge in [0, 0.05) is 22.8 Å². The normalized spacial score (nSPS) is 11.2. The number of amides is 1. The number of nitrogens with zero attached hydrogens (tertiary/aromatic N) is 2. The molecule has 2 N–H and O–H groups in total. The first kappa shape index (κ1) is 17.2. The lowest BCUT2D eigenvalue weighted by Gasteiger charge is -2.20. The maximum Gasteiger partial charge on any atom is 0.270 e. The maximum atomic E-state index is 12.2. The fourth-order valence-electron chi connectivity index (χ4n) is 1.95. The maximum absolute atomic E-state index is 12.2. The molecule has 5 nitrogen and oxygen atoms in total. The van der Waals surface area contributed by atoms with Crippen molar-refractivity contribution in [2.75, 3.05) is 5.32 Å². The lowest BCUT2D eigenvalue weighted by Crippen LogP contribution is -2.41. The highest BCUT2D eigenvalue weighted by Gasteiger charge is 2.17. The molecular weight excluding hydrogens is 312 g/mol. The predicted molar refractivity (Wildman–Crippen MR) is 92.8 cm³/mol. The van der Waals surface area contributed by atoms with Gasteiger partial charge in [-0.15, -0.1) is 0 Å². The minimum atomic E-state index is -0.313. The zero-order valence-electron chi connectivity index (χ0n) is 13.8. The van der Waals surface area contributed by atoms with Crippen LogP contribution < -0.4 is 10.6 Å². The third-order valence-electron chi connectivity index (χ3n) is 2.94. The molecule has 0 radical (unpaired) electrons. The van der Waals surface area contributed by atoms with E-state index < -0.39 is 0 Å². The van der Waals surface area contributed by atoms with Crippen molar-refractivity contribution in [1.82, 2.24) is 15.3 Å². The third-order valence-corrected chi connectivity index (χ3v) is 3.19. The molecule has 23 heavy (non-hydrogen) atoms. The van der Waals surface area contributed by atoms with E-state index in [9.17, 15) is 4.79 Å². The molecule has 6 heteroatoms. The second-order valence-corrected chi connectivity index (χ2v) is 6.84. The van der Waals surface area contributed by atoms with Crippen molar-refractivity contribution < 1.29 is 4.79 Å². The second kappa shape index (κ2) is 6.96. The Balaban J connectivity index is 2.10. The van der Waals surface area contributed by atoms with Crippen molar-refractivity contribution in [1.29, 1.82) is 0 Å². The molecule has 0 unspecified atom stereocenters. The van der Waals surface area contributed by atoms with Crippen LogP contribution in [0.1, 0.15) is 42.5 Å². The molecule has 2 rings (SSSR count). The largest absolute Gasteiger partial charge is 0.350 e. The number of halogens is 1. The molecule has 122 valence electrons. The average Bonchev–Trinajstić information content (AvgIpc) is 2.44. The molecule has 0 atom stereocenters. The van der Waals surface area contributed by atoms with Crippen LogP contribution in [0.3, 0.4) is 0 Å². The fourth-order valence-corrected chi connectivity index (χ4v) is 2.08. The Kier molecular flexibility index (Phi) is 5.21. The molecule has 0 saturated carbocycles. The number of carbonyl (C=O) groups is 1. The third kappa shape index (κ3) is 5.53. The van der Waals surface area contributed by atoms with Gasteiger partial charge in [-0.3, -0.25) is 4.79 Å². The first-order valence-corrected chi connectivity index (χ1v) is 7.77. The summed E-state index contributed by atoms with van der Waals surface area (Å²) in [7, 11) is 0. The van der Waals surface area contributed by atoms with Crippen LogP contribution in [0.4, 0.5) is 5.95 Å². The van der Waals surface area contributed by atoms with E-state index in [1.165, 1.54) is 0 Å². The SMILES string of the molecule is Cc1cc(C(=O)NC(C)(C)C)nc(NCc2ccc(Cl)cc2)n1. The van der Waals surface area contributed by atoms with Gasteiger partial charge in [0.05, 0.1) is 0 Å². The standard InChI is InChI=1S/C17H21ClN4O/c1-11-9-14(15(23)22-17(2,3)4)21-16(20-11)19-10-12-5-7-13(18)8-6-12/h5-9H,10H2,1-4H3,(H,22,23)(H,19,20,21). The number of hydrogen-bond acceptors (Lipinski definition) is 4. The summed E-state index contributed by atoms with van der Waals surface area (Å²) in [5.74, 6) is 0.219. The van der Waals surface area contributed by atoms with Gasteiger partial charge in [0.1, 0.15) is 5.69 Å². The van der Waals surface area contributed by atoms with E-state index in [2.05, 4.69) is 20.6 Å². The number of hydrogen-bond donors (Lipinski definition) is 2. The minimum Gasteiger partial charge on any atom is -0.350 e. The van der Waals surface area contributed by atoms with Crippen LogP contribution >= 0.6 is 11.6 Å². The van der Waals surface area contributed by atoms with Crippen molar-refractivity contribution in [2.45, 2.75) is 39.8 Å². The van der Waals surface area contributed by atoms with Crippen molar-refractivity contribution in [3.05, 3.63) is 52.3 Å². The van der Waals surface area contributed by atoms with Crippen molar-refractivity contribution in [2.24, 2.45) is 0 Å². The molecule has 0 aliphatic heterocycles. The van der Waals surface area contributed by atoms with E-state index in [1.54, 1.807) is 6.07 Å². The monoisotopic (exact) mass is 332 g/mol. The number of rotatable bonds is 4. The Morgan fingerprint density at radius 3 is 2.43 bits per heavy atom. The first-order chi connectivity index (χ1) is 10.7. The lowest BCUT2D eigenvalue weighted by molar-refractivity contribution is 0.0914. The van der Waals surface area contributed by atoms with E-state index in [1.807, 2.05) is 52.0 Å². The molecule has 1 heterocycles. The van der Waals surface area contributed by atoms with E-state index in [0.717, 1.165) is 11.3 Å². The van der Waals surface area contributed by atoms with Gasteiger partial charge in [0.25, 0.3) is 5.91 Å². The first-order valence-electron chi connectivity index (χ1n) is 7.39. The summed E-state index contributed by atoms with van der Waals surface area (Å²) >= 11 is 5.87. The van der Waals surface area contributed by atoms with E-state index in [4.69, 9.17) is 11.6 Å². The highest BCUT2D eigenvalue weighted by molar-refractivity contribution is 6.30. The van der Waals surface area contributed by atoms with Crippen LogP contribution in [-0.2, 0) is 6.54 Å². The van der Waals surface area contributed by atoms with Crippen LogP contribution in [0.5, 0.6) is 0 Å². The van der Waals surface area contributed by atoms with Gasteiger partial charge in [0.15, 0.2) is 0 Å². The van der Waals surface area contributed by atoms with Gasteiger partial charge >= 0.3 is 0 Å². The smallest absolute Gasteiger partial charge is 0.270 e. The van der Waals surface area contributed by atoms with Gasteiger partial charge in [-0.25, -0.2) is 9.97 Å². The summed E-state index contributed by atoms with van der Waals surface area (Å²) in [5, 5.41) is 6.73. The van der Waals surface area contributed by atoms with Crippen LogP contribution in [0.25, 0.3) is 0 Å². The highest BCUT2D eigenvalue weighted by atomic mass is 35.5. The topological polar surface area (TPSA) is 66.9 Å².